The van der Waals surface area contributed by atoms with E-state index in [0.717, 1.165) is 18.2 Å². The van der Waals surface area contributed by atoms with Crippen molar-refractivity contribution in [1.29, 1.82) is 0 Å². The van der Waals surface area contributed by atoms with Crippen LogP contribution in [0.1, 0.15) is 6.92 Å². The Hall–Kier alpha value is -0.940. The van der Waals surface area contributed by atoms with Gasteiger partial charge in [0.25, 0.3) is 0 Å². The van der Waals surface area contributed by atoms with Gasteiger partial charge in [0.1, 0.15) is 12.0 Å². The van der Waals surface area contributed by atoms with E-state index in [1.54, 1.807) is 0 Å². The molecular weight excluding hydrogens is 154 g/mol. The van der Waals surface area contributed by atoms with Crippen molar-refractivity contribution in [3.05, 3.63) is 11.5 Å². The third kappa shape index (κ3) is 0.937. The van der Waals surface area contributed by atoms with Gasteiger partial charge in [-0.3, -0.25) is 5.32 Å². The van der Waals surface area contributed by atoms with Crippen LogP contribution >= 0.6 is 0 Å². The third-order valence-corrected chi connectivity index (χ3v) is 2.44. The number of hydrogen-bond donors (Lipinski definition) is 4. The number of rotatable bonds is 0. The molecule has 5 N–H and O–H groups in total. The fourth-order valence-corrected chi connectivity index (χ4v) is 1.58. The van der Waals surface area contributed by atoms with Gasteiger partial charge in [-0.2, -0.15) is 0 Å². The minimum Gasteiger partial charge on any atom is -0.363 e. The Kier molecular flexibility index (Phi) is 1.62. The summed E-state index contributed by atoms with van der Waals surface area (Å²) in [4.78, 5) is 2.15. The van der Waals surface area contributed by atoms with Gasteiger partial charge in [-0.05, 0) is 6.92 Å². The molecule has 0 radical (unpaired) electrons. The molecule has 5 nitrogen and oxygen atoms in total. The Morgan fingerprint density at radius 1 is 1.58 bits per heavy atom. The summed E-state index contributed by atoms with van der Waals surface area (Å²) in [7, 11) is 2.05. The lowest BCUT2D eigenvalue weighted by Crippen LogP contribution is -2.51. The molecule has 12 heavy (non-hydrogen) atoms. The molecule has 0 saturated carbocycles. The minimum atomic E-state index is -0.0614. The van der Waals surface area contributed by atoms with Crippen LogP contribution in [0.2, 0.25) is 0 Å². The molecule has 0 aromatic heterocycles. The molecule has 2 unspecified atom stereocenters. The minimum absolute atomic E-state index is 0.0614. The van der Waals surface area contributed by atoms with Gasteiger partial charge in [-0.25, -0.2) is 0 Å². The van der Waals surface area contributed by atoms with Gasteiger partial charge in [0.05, 0.1) is 18.5 Å². The van der Waals surface area contributed by atoms with Crippen LogP contribution < -0.4 is 21.7 Å². The van der Waals surface area contributed by atoms with Gasteiger partial charge in [-0.15, -0.1) is 0 Å². The van der Waals surface area contributed by atoms with Gasteiger partial charge in [-0.1, -0.05) is 0 Å². The van der Waals surface area contributed by atoms with Gasteiger partial charge >= 0.3 is 0 Å². The van der Waals surface area contributed by atoms with E-state index in [0.29, 0.717) is 6.17 Å². The molecule has 0 spiro atoms. The lowest BCUT2D eigenvalue weighted by atomic mass is 10.3. The summed E-state index contributed by atoms with van der Waals surface area (Å²) >= 11 is 0. The van der Waals surface area contributed by atoms with E-state index in [9.17, 15) is 0 Å². The maximum atomic E-state index is 5.85. The Labute approximate surface area is 72.0 Å². The van der Waals surface area contributed by atoms with Crippen LogP contribution in [-0.2, 0) is 0 Å². The summed E-state index contributed by atoms with van der Waals surface area (Å²) in [5, 5.41) is 9.67. The summed E-state index contributed by atoms with van der Waals surface area (Å²) in [6.45, 7) is 2.84. The van der Waals surface area contributed by atoms with Gasteiger partial charge < -0.3 is 21.3 Å². The van der Waals surface area contributed by atoms with Crippen LogP contribution in [0.4, 0.5) is 0 Å². The fourth-order valence-electron chi connectivity index (χ4n) is 1.58. The topological polar surface area (TPSA) is 65.3 Å². The van der Waals surface area contributed by atoms with Crippen molar-refractivity contribution in [3.8, 4) is 0 Å². The SMILES string of the molecule is CC1NC2=C(NCNC2N)N1C. The first-order valence-electron chi connectivity index (χ1n) is 4.16. The average Bonchev–Trinajstić information content (AvgIpc) is 2.32. The van der Waals surface area contributed by atoms with E-state index in [1.807, 2.05) is 7.05 Å². The van der Waals surface area contributed by atoms with E-state index in [2.05, 4.69) is 27.8 Å². The predicted molar refractivity (Wildman–Crippen MR) is 46.5 cm³/mol. The van der Waals surface area contributed by atoms with Gasteiger partial charge in [0.2, 0.25) is 0 Å². The first-order valence-corrected chi connectivity index (χ1v) is 4.16. The number of nitrogens with zero attached hydrogens (tertiary/aromatic N) is 1. The second-order valence-corrected chi connectivity index (χ2v) is 3.23. The predicted octanol–water partition coefficient (Wildman–Crippen LogP) is -1.53. The highest BCUT2D eigenvalue weighted by Crippen LogP contribution is 2.17. The zero-order valence-electron chi connectivity index (χ0n) is 7.39. The van der Waals surface area contributed by atoms with Crippen molar-refractivity contribution in [2.75, 3.05) is 13.7 Å². The summed E-state index contributed by atoms with van der Waals surface area (Å²) in [6.07, 6.45) is 0.266. The standard InChI is InChI=1S/C7H15N5/c1-4-11-5-6(8)9-3-10-7(5)12(4)2/h4,6,9-11H,3,8H2,1-2H3. The van der Waals surface area contributed by atoms with E-state index in [1.165, 1.54) is 0 Å². The van der Waals surface area contributed by atoms with Crippen LogP contribution in [-0.4, -0.2) is 30.9 Å². The van der Waals surface area contributed by atoms with Crippen molar-refractivity contribution in [2.24, 2.45) is 5.73 Å². The summed E-state index contributed by atoms with van der Waals surface area (Å²) in [5.41, 5.74) is 6.91. The van der Waals surface area contributed by atoms with Crippen molar-refractivity contribution < 1.29 is 0 Å². The van der Waals surface area contributed by atoms with Gasteiger partial charge in [0, 0.05) is 7.05 Å². The van der Waals surface area contributed by atoms with E-state index >= 15 is 0 Å². The van der Waals surface area contributed by atoms with Crippen molar-refractivity contribution in [3.63, 3.8) is 0 Å². The lowest BCUT2D eigenvalue weighted by Gasteiger charge is -2.25. The van der Waals surface area contributed by atoms with Crippen LogP contribution in [0.5, 0.6) is 0 Å². The zero-order chi connectivity index (χ0) is 8.72. The quantitative estimate of drug-likeness (QED) is 0.354. The molecule has 0 bridgehead atoms. The highest BCUT2D eigenvalue weighted by molar-refractivity contribution is 5.23. The molecule has 0 fully saturated rings. The average molecular weight is 169 g/mol. The molecule has 0 aromatic carbocycles. The van der Waals surface area contributed by atoms with E-state index in [-0.39, 0.29) is 6.17 Å². The highest BCUT2D eigenvalue weighted by atomic mass is 15.4. The van der Waals surface area contributed by atoms with Crippen molar-refractivity contribution in [1.82, 2.24) is 20.9 Å². The van der Waals surface area contributed by atoms with Crippen LogP contribution in [0.15, 0.2) is 11.5 Å². The summed E-state index contributed by atoms with van der Waals surface area (Å²) in [6, 6.07) is 0. The Balaban J connectivity index is 2.26. The van der Waals surface area contributed by atoms with Crippen LogP contribution in [0.3, 0.4) is 0 Å². The maximum Gasteiger partial charge on any atom is 0.126 e. The molecule has 2 aliphatic heterocycles. The third-order valence-electron chi connectivity index (χ3n) is 2.44. The second-order valence-electron chi connectivity index (χ2n) is 3.23. The maximum absolute atomic E-state index is 5.85. The number of hydrogen-bond acceptors (Lipinski definition) is 5. The lowest BCUT2D eigenvalue weighted by molar-refractivity contribution is 0.314. The molecule has 5 heteroatoms. The smallest absolute Gasteiger partial charge is 0.126 e. The van der Waals surface area contributed by atoms with E-state index < -0.39 is 0 Å². The monoisotopic (exact) mass is 169 g/mol. The van der Waals surface area contributed by atoms with E-state index in [4.69, 9.17) is 5.73 Å². The van der Waals surface area contributed by atoms with Crippen LogP contribution in [0.25, 0.3) is 0 Å². The Morgan fingerprint density at radius 2 is 2.33 bits per heavy atom. The molecule has 0 aliphatic carbocycles. The normalized spacial score (nSPS) is 34.4. The molecule has 2 aliphatic rings. The molecule has 2 atom stereocenters. The molecular formula is C7H15N5. The highest BCUT2D eigenvalue weighted by Gasteiger charge is 2.30. The fraction of sp³-hybridized carbons (Fsp3) is 0.714. The second kappa shape index (κ2) is 2.53. The first kappa shape index (κ1) is 7.70. The Bertz CT molecular complexity index is 224. The number of nitrogens with two attached hydrogens (primary N) is 1. The summed E-state index contributed by atoms with van der Waals surface area (Å²) in [5.74, 6) is 1.12. The van der Waals surface area contributed by atoms with Crippen molar-refractivity contribution in [2.45, 2.75) is 19.3 Å². The zero-order valence-corrected chi connectivity index (χ0v) is 7.39. The number of nitrogens with one attached hydrogen (secondary N) is 3. The first-order chi connectivity index (χ1) is 5.70. The largest absolute Gasteiger partial charge is 0.363 e. The molecule has 2 heterocycles. The summed E-state index contributed by atoms with van der Waals surface area (Å²) < 4.78 is 0. The molecule has 0 aromatic rings. The molecule has 68 valence electrons. The Morgan fingerprint density at radius 3 is 3.00 bits per heavy atom. The molecule has 0 saturated heterocycles. The van der Waals surface area contributed by atoms with Gasteiger partial charge in [0.15, 0.2) is 0 Å². The molecule has 0 amide bonds. The van der Waals surface area contributed by atoms with Crippen molar-refractivity contribution >= 4 is 0 Å². The molecule has 2 rings (SSSR count). The van der Waals surface area contributed by atoms with Crippen LogP contribution in [0, 0.1) is 0 Å².